The topological polar surface area (TPSA) is 31.4 Å². The van der Waals surface area contributed by atoms with Crippen molar-refractivity contribution in [1.82, 2.24) is 4.98 Å². The molecule has 0 bridgehead atoms. The largest absolute Gasteiger partial charge is 0.493 e. The minimum Gasteiger partial charge on any atom is -0.493 e. The van der Waals surface area contributed by atoms with Gasteiger partial charge in [0.05, 0.1) is 25.6 Å². The number of allylic oxidation sites excluding steroid dienone is 5. The minimum atomic E-state index is -0.192. The number of fused-ring (bicyclic) bond motifs is 1. The highest BCUT2D eigenvalue weighted by Gasteiger charge is 2.07. The molecule has 37 heavy (non-hydrogen) atoms. The third-order valence-corrected chi connectivity index (χ3v) is 5.75. The SMILES string of the molecule is C=C/C=C\C=C(/C)F.CCC.CCCSc1ccc(C)cc1.COc1cc2nccc(C)c2cc1OC. The zero-order chi connectivity index (χ0) is 28.1. The van der Waals surface area contributed by atoms with E-state index in [2.05, 4.69) is 70.4 Å². The molecule has 2 aromatic carbocycles. The normalized spacial score (nSPS) is 10.4. The standard InChI is InChI=1S/C12H13NO2.C10H14S.C7H9F.C3H8/c1-8-4-5-13-10-7-12(15-3)11(14-2)6-9(8)10;1-3-8-11-10-6-4-9(2)5-7-10;1-3-4-5-6-7(2)8;1-3-2/h4-7H,1-3H3;4-7H,3,8H2,1-2H3;3-6H,1H2,2H3;3H2,1-2H3/b;;5-4-,7-6+;. The average Bonchev–Trinajstić information content (AvgIpc) is 2.89. The molecule has 0 amide bonds. The van der Waals surface area contributed by atoms with Gasteiger partial charge in [-0.2, -0.15) is 0 Å². The number of halogens is 1. The molecule has 0 aliphatic heterocycles. The van der Waals surface area contributed by atoms with Crippen LogP contribution >= 0.6 is 11.8 Å². The lowest BCUT2D eigenvalue weighted by atomic mass is 10.1. The van der Waals surface area contributed by atoms with Crippen LogP contribution in [0.3, 0.4) is 0 Å². The van der Waals surface area contributed by atoms with Crippen LogP contribution in [-0.2, 0) is 0 Å². The van der Waals surface area contributed by atoms with Crippen molar-refractivity contribution in [2.45, 2.75) is 59.3 Å². The summed E-state index contributed by atoms with van der Waals surface area (Å²) in [6.07, 6.45) is 10.5. The van der Waals surface area contributed by atoms with E-state index in [0.29, 0.717) is 5.75 Å². The van der Waals surface area contributed by atoms with Gasteiger partial charge in [-0.25, -0.2) is 4.39 Å². The van der Waals surface area contributed by atoms with Gasteiger partial charge in [-0.05, 0) is 68.8 Å². The summed E-state index contributed by atoms with van der Waals surface area (Å²) in [4.78, 5) is 5.68. The number of rotatable bonds is 7. The molecule has 0 aliphatic rings. The smallest absolute Gasteiger partial charge is 0.162 e. The van der Waals surface area contributed by atoms with E-state index in [0.717, 1.165) is 16.7 Å². The molecule has 3 aromatic rings. The maximum atomic E-state index is 11.8. The Bertz CT molecular complexity index is 1090. The van der Waals surface area contributed by atoms with Crippen molar-refractivity contribution < 1.29 is 13.9 Å². The van der Waals surface area contributed by atoms with Crippen molar-refractivity contribution in [3.05, 3.63) is 96.5 Å². The predicted octanol–water partition coefficient (Wildman–Crippen LogP) is 10.1. The van der Waals surface area contributed by atoms with Crippen LogP contribution in [-0.4, -0.2) is 25.0 Å². The summed E-state index contributed by atoms with van der Waals surface area (Å²) in [6, 6.07) is 14.5. The van der Waals surface area contributed by atoms with Gasteiger partial charge in [0.25, 0.3) is 0 Å². The summed E-state index contributed by atoms with van der Waals surface area (Å²) in [5.74, 6) is 2.48. The van der Waals surface area contributed by atoms with Gasteiger partial charge in [-0.15, -0.1) is 11.8 Å². The predicted molar refractivity (Wildman–Crippen MR) is 162 cm³/mol. The Balaban J connectivity index is 0.000000522. The average molecular weight is 526 g/mol. The van der Waals surface area contributed by atoms with Crippen molar-refractivity contribution >= 4 is 22.7 Å². The number of aryl methyl sites for hydroxylation is 2. The number of hydrogen-bond acceptors (Lipinski definition) is 4. The Morgan fingerprint density at radius 2 is 1.57 bits per heavy atom. The number of benzene rings is 2. The first-order valence-electron chi connectivity index (χ1n) is 12.6. The molecule has 1 heterocycles. The lowest BCUT2D eigenvalue weighted by molar-refractivity contribution is 0.356. The molecule has 0 fully saturated rings. The van der Waals surface area contributed by atoms with Gasteiger partial charge in [0.1, 0.15) is 0 Å². The minimum absolute atomic E-state index is 0.192. The third kappa shape index (κ3) is 14.9. The summed E-state index contributed by atoms with van der Waals surface area (Å²) in [7, 11) is 3.26. The van der Waals surface area contributed by atoms with Gasteiger partial charge in [0.2, 0.25) is 0 Å². The van der Waals surface area contributed by atoms with E-state index in [1.807, 2.05) is 30.0 Å². The van der Waals surface area contributed by atoms with Gasteiger partial charge < -0.3 is 9.47 Å². The fourth-order valence-corrected chi connectivity index (χ4v) is 3.50. The monoisotopic (exact) mass is 525 g/mol. The molecule has 0 spiro atoms. The number of pyridine rings is 1. The fraction of sp³-hybridized carbons (Fsp3) is 0.344. The lowest BCUT2D eigenvalue weighted by Crippen LogP contribution is -1.92. The number of methoxy groups -OCH3 is 2. The second kappa shape index (κ2) is 21.1. The molecule has 0 N–H and O–H groups in total. The van der Waals surface area contributed by atoms with Crippen LogP contribution < -0.4 is 9.47 Å². The highest BCUT2D eigenvalue weighted by Crippen LogP contribution is 2.32. The molecular weight excluding hydrogens is 481 g/mol. The second-order valence-electron chi connectivity index (χ2n) is 8.09. The van der Waals surface area contributed by atoms with Crippen LogP contribution in [0.1, 0.15) is 51.7 Å². The number of hydrogen-bond donors (Lipinski definition) is 0. The van der Waals surface area contributed by atoms with Crippen LogP contribution in [0.15, 0.2) is 90.3 Å². The van der Waals surface area contributed by atoms with E-state index in [-0.39, 0.29) is 5.83 Å². The van der Waals surface area contributed by atoms with Crippen LogP contribution in [0.25, 0.3) is 10.9 Å². The zero-order valence-corrected chi connectivity index (χ0v) is 24.6. The third-order valence-electron chi connectivity index (χ3n) is 4.53. The van der Waals surface area contributed by atoms with Gasteiger partial charge in [0, 0.05) is 22.5 Å². The molecule has 0 radical (unpaired) electrons. The van der Waals surface area contributed by atoms with Crippen molar-refractivity contribution in [3.8, 4) is 11.5 Å². The summed E-state index contributed by atoms with van der Waals surface area (Å²) in [5.41, 5.74) is 3.44. The van der Waals surface area contributed by atoms with Crippen LogP contribution in [0, 0.1) is 13.8 Å². The maximum Gasteiger partial charge on any atom is 0.162 e. The van der Waals surface area contributed by atoms with E-state index in [9.17, 15) is 4.39 Å². The van der Waals surface area contributed by atoms with E-state index in [1.54, 1.807) is 38.6 Å². The molecule has 3 rings (SSSR count). The van der Waals surface area contributed by atoms with Gasteiger partial charge >= 0.3 is 0 Å². The Morgan fingerprint density at radius 1 is 0.973 bits per heavy atom. The van der Waals surface area contributed by atoms with E-state index in [4.69, 9.17) is 9.47 Å². The Hall–Kier alpha value is -3.05. The number of thioether (sulfide) groups is 1. The molecule has 1 aromatic heterocycles. The maximum absolute atomic E-state index is 11.8. The molecule has 0 unspecified atom stereocenters. The molecule has 3 nitrogen and oxygen atoms in total. The van der Waals surface area contributed by atoms with Crippen molar-refractivity contribution in [2.24, 2.45) is 0 Å². The Labute approximate surface area is 228 Å². The summed E-state index contributed by atoms with van der Waals surface area (Å²) in [6.45, 7) is 15.4. The quantitative estimate of drug-likeness (QED) is 0.227. The first kappa shape index (κ1) is 34.0. The van der Waals surface area contributed by atoms with Crippen molar-refractivity contribution in [1.29, 1.82) is 0 Å². The molecule has 0 aliphatic carbocycles. The molecule has 0 saturated carbocycles. The van der Waals surface area contributed by atoms with Crippen molar-refractivity contribution in [3.63, 3.8) is 0 Å². The first-order chi connectivity index (χ1) is 17.8. The van der Waals surface area contributed by atoms with Gasteiger partial charge in [0.15, 0.2) is 11.5 Å². The summed E-state index contributed by atoms with van der Waals surface area (Å²) >= 11 is 1.93. The highest BCUT2D eigenvalue weighted by molar-refractivity contribution is 7.99. The van der Waals surface area contributed by atoms with E-state index in [1.165, 1.54) is 47.6 Å². The van der Waals surface area contributed by atoms with Gasteiger partial charge in [-0.3, -0.25) is 4.98 Å². The zero-order valence-electron chi connectivity index (χ0n) is 23.8. The summed E-state index contributed by atoms with van der Waals surface area (Å²) in [5, 5.41) is 1.09. The fourth-order valence-electron chi connectivity index (χ4n) is 2.73. The number of aromatic nitrogens is 1. The summed E-state index contributed by atoms with van der Waals surface area (Å²) < 4.78 is 22.3. The lowest BCUT2D eigenvalue weighted by Gasteiger charge is -2.09. The van der Waals surface area contributed by atoms with E-state index < -0.39 is 0 Å². The second-order valence-corrected chi connectivity index (χ2v) is 9.26. The molecule has 0 atom stereocenters. The molecule has 5 heteroatoms. The molecule has 202 valence electrons. The number of ether oxygens (including phenoxy) is 2. The van der Waals surface area contributed by atoms with Gasteiger partial charge in [-0.1, -0.05) is 69.7 Å². The van der Waals surface area contributed by atoms with E-state index >= 15 is 0 Å². The number of nitrogens with zero attached hydrogens (tertiary/aromatic N) is 1. The highest BCUT2D eigenvalue weighted by atomic mass is 32.2. The van der Waals surface area contributed by atoms with Crippen LogP contribution in [0.4, 0.5) is 4.39 Å². The van der Waals surface area contributed by atoms with Crippen LogP contribution in [0.2, 0.25) is 0 Å². The Morgan fingerprint density at radius 3 is 2.08 bits per heavy atom. The van der Waals surface area contributed by atoms with Crippen molar-refractivity contribution in [2.75, 3.05) is 20.0 Å². The Kier molecular flexibility index (Phi) is 19.3. The van der Waals surface area contributed by atoms with Crippen LogP contribution in [0.5, 0.6) is 11.5 Å². The molecular formula is C32H44FNO2S. The first-order valence-corrected chi connectivity index (χ1v) is 13.5. The molecule has 0 saturated heterocycles.